The second-order valence-electron chi connectivity index (χ2n) is 7.89. The van der Waals surface area contributed by atoms with Crippen LogP contribution in [-0.4, -0.2) is 34.6 Å². The number of thiophene rings is 1. The van der Waals surface area contributed by atoms with Gasteiger partial charge in [-0.25, -0.2) is 13.1 Å². The first-order chi connectivity index (χ1) is 15.4. The molecule has 0 aliphatic carbocycles. The highest BCUT2D eigenvalue weighted by atomic mass is 32.2. The third-order valence-electron chi connectivity index (χ3n) is 5.51. The smallest absolute Gasteiger partial charge is 0.240 e. The lowest BCUT2D eigenvalue weighted by Crippen LogP contribution is -2.26. The summed E-state index contributed by atoms with van der Waals surface area (Å²) in [6, 6.07) is 19.5. The number of nitrogens with zero attached hydrogens (tertiary/aromatic N) is 4. The standard InChI is InChI=1S/C24H22N4O2S2/c1-17-8-10-18(11-9-17)24-21(15-27(26-24)20-6-4-3-5-7-20)23-14-22(19-12-13-31-16-19)25-28(23)32(2,29)30/h3-13,15-16,23H,14H2,1-2H3/t23-/m1/s1. The van der Waals surface area contributed by atoms with Gasteiger partial charge in [0.1, 0.15) is 0 Å². The zero-order valence-electron chi connectivity index (χ0n) is 17.7. The number of benzene rings is 2. The lowest BCUT2D eigenvalue weighted by molar-refractivity contribution is 0.375. The van der Waals surface area contributed by atoms with Crippen LogP contribution in [0.1, 0.15) is 29.2 Å². The van der Waals surface area contributed by atoms with Gasteiger partial charge in [-0.3, -0.25) is 0 Å². The maximum Gasteiger partial charge on any atom is 0.247 e. The topological polar surface area (TPSA) is 67.6 Å². The normalized spacial score (nSPS) is 16.4. The summed E-state index contributed by atoms with van der Waals surface area (Å²) in [6.07, 6.45) is 3.62. The number of hydrazone groups is 1. The molecule has 0 N–H and O–H groups in total. The average molecular weight is 463 g/mol. The summed E-state index contributed by atoms with van der Waals surface area (Å²) < 4.78 is 28.4. The van der Waals surface area contributed by atoms with E-state index >= 15 is 0 Å². The summed E-state index contributed by atoms with van der Waals surface area (Å²) in [7, 11) is -3.57. The predicted molar refractivity (Wildman–Crippen MR) is 129 cm³/mol. The number of rotatable bonds is 5. The third kappa shape index (κ3) is 3.87. The fourth-order valence-electron chi connectivity index (χ4n) is 3.91. The third-order valence-corrected chi connectivity index (χ3v) is 7.21. The molecule has 8 heteroatoms. The van der Waals surface area contributed by atoms with Crippen molar-refractivity contribution in [2.45, 2.75) is 19.4 Å². The van der Waals surface area contributed by atoms with Crippen LogP contribution in [0.25, 0.3) is 16.9 Å². The first-order valence-corrected chi connectivity index (χ1v) is 13.0. The molecule has 2 aromatic heterocycles. The zero-order valence-corrected chi connectivity index (χ0v) is 19.3. The van der Waals surface area contributed by atoms with Gasteiger partial charge < -0.3 is 0 Å². The highest BCUT2D eigenvalue weighted by molar-refractivity contribution is 7.88. The van der Waals surface area contributed by atoms with Crippen LogP contribution in [0.4, 0.5) is 0 Å². The summed E-state index contributed by atoms with van der Waals surface area (Å²) in [5.74, 6) is 0. The van der Waals surface area contributed by atoms with Gasteiger partial charge in [-0.15, -0.1) is 0 Å². The molecule has 3 heterocycles. The van der Waals surface area contributed by atoms with Crippen LogP contribution < -0.4 is 0 Å². The molecule has 5 rings (SSSR count). The number of sulfonamides is 1. The Hall–Kier alpha value is -3.23. The van der Waals surface area contributed by atoms with E-state index in [1.54, 1.807) is 11.3 Å². The molecular weight excluding hydrogens is 440 g/mol. The molecule has 0 radical (unpaired) electrons. The van der Waals surface area contributed by atoms with Crippen molar-refractivity contribution in [1.82, 2.24) is 14.2 Å². The van der Waals surface area contributed by atoms with Gasteiger partial charge in [0, 0.05) is 29.3 Å². The van der Waals surface area contributed by atoms with Gasteiger partial charge in [-0.05, 0) is 35.9 Å². The van der Waals surface area contributed by atoms with Crippen molar-refractivity contribution in [3.05, 3.63) is 94.3 Å². The molecule has 1 atom stereocenters. The van der Waals surface area contributed by atoms with E-state index in [0.717, 1.165) is 39.3 Å². The molecule has 2 aromatic carbocycles. The molecule has 1 aliphatic rings. The van der Waals surface area contributed by atoms with Crippen LogP contribution >= 0.6 is 11.3 Å². The van der Waals surface area contributed by atoms with E-state index in [4.69, 9.17) is 5.10 Å². The van der Waals surface area contributed by atoms with Gasteiger partial charge >= 0.3 is 0 Å². The van der Waals surface area contributed by atoms with Gasteiger partial charge in [-0.2, -0.15) is 26.0 Å². The van der Waals surface area contributed by atoms with E-state index in [1.807, 2.05) is 89.2 Å². The van der Waals surface area contributed by atoms with Crippen LogP contribution in [0, 0.1) is 6.92 Å². The maximum atomic E-state index is 12.7. The summed E-state index contributed by atoms with van der Waals surface area (Å²) in [6.45, 7) is 2.04. The lowest BCUT2D eigenvalue weighted by Gasteiger charge is -2.21. The summed E-state index contributed by atoms with van der Waals surface area (Å²) in [5.41, 5.74) is 6.32. The highest BCUT2D eigenvalue weighted by Gasteiger charge is 2.37. The molecule has 0 amide bonds. The lowest BCUT2D eigenvalue weighted by atomic mass is 9.97. The zero-order chi connectivity index (χ0) is 22.3. The minimum Gasteiger partial charge on any atom is -0.240 e. The molecule has 0 spiro atoms. The first-order valence-electron chi connectivity index (χ1n) is 10.2. The molecule has 0 saturated heterocycles. The Labute approximate surface area is 191 Å². The molecule has 1 aliphatic heterocycles. The molecular formula is C24H22N4O2S2. The fraction of sp³-hybridized carbons (Fsp3) is 0.167. The SMILES string of the molecule is Cc1ccc(-c2nn(-c3ccccc3)cc2[C@H]2CC(c3ccsc3)=NN2S(C)(=O)=O)cc1. The quantitative estimate of drug-likeness (QED) is 0.418. The van der Waals surface area contributed by atoms with Gasteiger partial charge in [0.25, 0.3) is 0 Å². The highest BCUT2D eigenvalue weighted by Crippen LogP contribution is 2.39. The molecule has 4 aromatic rings. The average Bonchev–Trinajstić information content (AvgIpc) is 3.52. The predicted octanol–water partition coefficient (Wildman–Crippen LogP) is 5.02. The van der Waals surface area contributed by atoms with Crippen molar-refractivity contribution in [2.75, 3.05) is 6.26 Å². The van der Waals surface area contributed by atoms with Crippen molar-refractivity contribution >= 4 is 27.1 Å². The summed E-state index contributed by atoms with van der Waals surface area (Å²) in [4.78, 5) is 0. The number of para-hydroxylation sites is 1. The molecule has 32 heavy (non-hydrogen) atoms. The van der Waals surface area contributed by atoms with Crippen LogP contribution in [0.2, 0.25) is 0 Å². The molecule has 6 nitrogen and oxygen atoms in total. The van der Waals surface area contributed by atoms with E-state index in [9.17, 15) is 8.42 Å². The van der Waals surface area contributed by atoms with Crippen molar-refractivity contribution in [3.8, 4) is 16.9 Å². The number of hydrogen-bond donors (Lipinski definition) is 0. The second-order valence-corrected chi connectivity index (χ2v) is 10.5. The van der Waals surface area contributed by atoms with Crippen LogP contribution in [0.15, 0.2) is 82.7 Å². The van der Waals surface area contributed by atoms with Gasteiger partial charge in [0.15, 0.2) is 0 Å². The van der Waals surface area contributed by atoms with Crippen LogP contribution in [0.5, 0.6) is 0 Å². The number of hydrogen-bond acceptors (Lipinski definition) is 5. The van der Waals surface area contributed by atoms with Gasteiger partial charge in [0.2, 0.25) is 10.0 Å². The van der Waals surface area contributed by atoms with Crippen molar-refractivity contribution in [3.63, 3.8) is 0 Å². The first kappa shape index (κ1) is 20.7. The van der Waals surface area contributed by atoms with Crippen LogP contribution in [-0.2, 0) is 10.0 Å². The second kappa shape index (κ2) is 8.03. The van der Waals surface area contributed by atoms with E-state index < -0.39 is 16.1 Å². The van der Waals surface area contributed by atoms with Gasteiger partial charge in [-0.1, -0.05) is 48.0 Å². The van der Waals surface area contributed by atoms with Crippen molar-refractivity contribution in [1.29, 1.82) is 0 Å². The van der Waals surface area contributed by atoms with Crippen molar-refractivity contribution in [2.24, 2.45) is 5.10 Å². The molecule has 0 unspecified atom stereocenters. The minimum atomic E-state index is -3.57. The molecule has 0 bridgehead atoms. The Morgan fingerprint density at radius 1 is 1.00 bits per heavy atom. The van der Waals surface area contributed by atoms with E-state index in [0.29, 0.717) is 6.42 Å². The van der Waals surface area contributed by atoms with E-state index in [2.05, 4.69) is 5.10 Å². The summed E-state index contributed by atoms with van der Waals surface area (Å²) >= 11 is 1.57. The van der Waals surface area contributed by atoms with Crippen molar-refractivity contribution < 1.29 is 8.42 Å². The van der Waals surface area contributed by atoms with E-state index in [-0.39, 0.29) is 0 Å². The molecule has 162 valence electrons. The Morgan fingerprint density at radius 2 is 1.75 bits per heavy atom. The summed E-state index contributed by atoms with van der Waals surface area (Å²) in [5, 5.41) is 13.4. The van der Waals surface area contributed by atoms with Crippen LogP contribution in [0.3, 0.4) is 0 Å². The Balaban J connectivity index is 1.66. The Morgan fingerprint density at radius 3 is 2.41 bits per heavy atom. The molecule has 0 fully saturated rings. The van der Waals surface area contributed by atoms with Gasteiger partial charge in [0.05, 0.1) is 29.4 Å². The minimum absolute atomic E-state index is 0.464. The fourth-order valence-corrected chi connectivity index (χ4v) is 5.47. The maximum absolute atomic E-state index is 12.7. The largest absolute Gasteiger partial charge is 0.247 e. The monoisotopic (exact) mass is 462 g/mol. The Bertz CT molecular complexity index is 1370. The number of aromatic nitrogens is 2. The number of aryl methyl sites for hydroxylation is 1. The Kier molecular flexibility index (Phi) is 5.19. The molecule has 0 saturated carbocycles. The van der Waals surface area contributed by atoms with E-state index in [1.165, 1.54) is 10.7 Å².